The van der Waals surface area contributed by atoms with Crippen LogP contribution in [0.15, 0.2) is 24.3 Å². The van der Waals surface area contributed by atoms with Gasteiger partial charge in [0, 0.05) is 25.4 Å². The fraction of sp³-hybridized carbons (Fsp3) is 0.500. The maximum Gasteiger partial charge on any atom is 0.319 e. The van der Waals surface area contributed by atoms with Crippen LogP contribution < -0.4 is 16.4 Å². The quantitative estimate of drug-likeness (QED) is 0.724. The van der Waals surface area contributed by atoms with E-state index in [4.69, 9.17) is 10.5 Å². The zero-order valence-electron chi connectivity index (χ0n) is 12.0. The highest BCUT2D eigenvalue weighted by Gasteiger charge is 2.05. The molecule has 1 atom stereocenters. The number of nitrogens with two attached hydrogens (primary N) is 1. The van der Waals surface area contributed by atoms with E-state index in [9.17, 15) is 4.79 Å². The summed E-state index contributed by atoms with van der Waals surface area (Å²) in [6.07, 6.45) is 0.990. The molecule has 0 heterocycles. The van der Waals surface area contributed by atoms with E-state index >= 15 is 0 Å². The van der Waals surface area contributed by atoms with Crippen LogP contribution in [0.25, 0.3) is 0 Å². The highest BCUT2D eigenvalue weighted by atomic mass is 35.5. The minimum Gasteiger partial charge on any atom is -0.377 e. The van der Waals surface area contributed by atoms with Crippen molar-refractivity contribution in [1.29, 1.82) is 0 Å². The number of hydrogen-bond donors (Lipinski definition) is 3. The third kappa shape index (κ3) is 7.33. The number of rotatable bonds is 7. The number of hydrogen-bond acceptors (Lipinski definition) is 3. The van der Waals surface area contributed by atoms with Gasteiger partial charge in [-0.2, -0.15) is 0 Å². The molecule has 1 aromatic carbocycles. The molecule has 5 nitrogen and oxygen atoms in total. The second kappa shape index (κ2) is 10.5. The second-order valence-corrected chi connectivity index (χ2v) is 4.42. The van der Waals surface area contributed by atoms with Crippen LogP contribution in [0.5, 0.6) is 0 Å². The van der Waals surface area contributed by atoms with Crippen molar-refractivity contribution in [2.75, 3.05) is 18.5 Å². The van der Waals surface area contributed by atoms with Crippen molar-refractivity contribution < 1.29 is 9.53 Å². The molecule has 0 saturated carbocycles. The van der Waals surface area contributed by atoms with Crippen LogP contribution in [0.3, 0.4) is 0 Å². The fourth-order valence-corrected chi connectivity index (χ4v) is 1.57. The van der Waals surface area contributed by atoms with Gasteiger partial charge in [-0.05, 0) is 31.0 Å². The van der Waals surface area contributed by atoms with E-state index in [1.165, 1.54) is 0 Å². The van der Waals surface area contributed by atoms with E-state index in [2.05, 4.69) is 17.6 Å². The first-order valence-corrected chi connectivity index (χ1v) is 6.61. The van der Waals surface area contributed by atoms with Crippen molar-refractivity contribution in [3.8, 4) is 0 Å². The summed E-state index contributed by atoms with van der Waals surface area (Å²) >= 11 is 0. The van der Waals surface area contributed by atoms with Gasteiger partial charge in [-0.25, -0.2) is 4.79 Å². The number of ether oxygens (including phenoxy) is 1. The van der Waals surface area contributed by atoms with Crippen molar-refractivity contribution in [3.05, 3.63) is 29.8 Å². The number of carbonyl (C=O) groups is 1. The lowest BCUT2D eigenvalue weighted by Gasteiger charge is -2.14. The molecule has 0 radical (unpaired) electrons. The maximum atomic E-state index is 11.7. The topological polar surface area (TPSA) is 76.4 Å². The van der Waals surface area contributed by atoms with Crippen molar-refractivity contribution >= 4 is 24.1 Å². The Morgan fingerprint density at radius 3 is 2.85 bits per heavy atom. The van der Waals surface area contributed by atoms with E-state index in [1.807, 2.05) is 31.2 Å². The first kappa shape index (κ1) is 18.7. The molecule has 114 valence electrons. The summed E-state index contributed by atoms with van der Waals surface area (Å²) in [6, 6.07) is 7.24. The Morgan fingerprint density at radius 2 is 2.20 bits per heavy atom. The Balaban J connectivity index is 0.00000361. The summed E-state index contributed by atoms with van der Waals surface area (Å²) in [7, 11) is 0. The summed E-state index contributed by atoms with van der Waals surface area (Å²) < 4.78 is 5.47. The third-order valence-electron chi connectivity index (χ3n) is 2.58. The second-order valence-electron chi connectivity index (χ2n) is 4.42. The summed E-state index contributed by atoms with van der Waals surface area (Å²) in [6.45, 7) is 5.65. The number of amides is 2. The van der Waals surface area contributed by atoms with E-state index in [1.54, 1.807) is 0 Å². The van der Waals surface area contributed by atoms with Gasteiger partial charge in [-0.3, -0.25) is 0 Å². The molecule has 0 aliphatic carbocycles. The molecule has 0 bridgehead atoms. The molecule has 1 aromatic rings. The number of nitrogens with one attached hydrogen (secondary N) is 2. The Morgan fingerprint density at radius 1 is 1.45 bits per heavy atom. The standard InChI is InChI=1S/C14H23N3O2.ClH/c1-3-7-19-11(2)10-16-14(18)17-13-6-4-5-12(8-13)9-15;/h4-6,8,11H,3,7,9-10,15H2,1-2H3,(H2,16,17,18);1H. The van der Waals surface area contributed by atoms with Crippen LogP contribution in [0.4, 0.5) is 10.5 Å². The lowest BCUT2D eigenvalue weighted by atomic mass is 10.2. The minimum absolute atomic E-state index is 0. The largest absolute Gasteiger partial charge is 0.377 e. The molecule has 4 N–H and O–H groups in total. The van der Waals surface area contributed by atoms with Crippen LogP contribution >= 0.6 is 12.4 Å². The smallest absolute Gasteiger partial charge is 0.319 e. The predicted octanol–water partition coefficient (Wildman–Crippen LogP) is 2.50. The van der Waals surface area contributed by atoms with Gasteiger partial charge in [0.2, 0.25) is 0 Å². The molecule has 0 spiro atoms. The molecule has 0 aliphatic heterocycles. The Hall–Kier alpha value is -1.30. The summed E-state index contributed by atoms with van der Waals surface area (Å²) in [5, 5.41) is 5.54. The molecule has 20 heavy (non-hydrogen) atoms. The lowest BCUT2D eigenvalue weighted by molar-refractivity contribution is 0.0682. The van der Waals surface area contributed by atoms with Crippen LogP contribution in [-0.2, 0) is 11.3 Å². The van der Waals surface area contributed by atoms with Gasteiger partial charge in [0.1, 0.15) is 0 Å². The third-order valence-corrected chi connectivity index (χ3v) is 2.58. The monoisotopic (exact) mass is 301 g/mol. The molecule has 1 unspecified atom stereocenters. The van der Waals surface area contributed by atoms with E-state index in [0.29, 0.717) is 19.7 Å². The normalized spacial score (nSPS) is 11.3. The number of halogens is 1. The van der Waals surface area contributed by atoms with Crippen molar-refractivity contribution in [2.45, 2.75) is 32.9 Å². The summed E-state index contributed by atoms with van der Waals surface area (Å²) in [5.74, 6) is 0. The van der Waals surface area contributed by atoms with Crippen molar-refractivity contribution in [3.63, 3.8) is 0 Å². The summed E-state index contributed by atoms with van der Waals surface area (Å²) in [4.78, 5) is 11.7. The first-order chi connectivity index (χ1) is 9.15. The van der Waals surface area contributed by atoms with Crippen LogP contribution in [-0.4, -0.2) is 25.3 Å². The lowest BCUT2D eigenvalue weighted by Crippen LogP contribution is -2.35. The Kier molecular flexibility index (Phi) is 9.80. The molecular formula is C14H24ClN3O2. The van der Waals surface area contributed by atoms with Crippen molar-refractivity contribution in [2.24, 2.45) is 5.73 Å². The van der Waals surface area contributed by atoms with Crippen LogP contribution in [0.1, 0.15) is 25.8 Å². The molecule has 6 heteroatoms. The number of carbonyl (C=O) groups excluding carboxylic acids is 1. The molecule has 1 rings (SSSR count). The maximum absolute atomic E-state index is 11.7. The number of anilines is 1. The van der Waals surface area contributed by atoms with Gasteiger partial charge < -0.3 is 21.1 Å². The summed E-state index contributed by atoms with van der Waals surface area (Å²) in [5.41, 5.74) is 7.27. The molecule has 0 aliphatic rings. The van der Waals surface area contributed by atoms with E-state index < -0.39 is 0 Å². The predicted molar refractivity (Wildman–Crippen MR) is 84.3 cm³/mol. The Labute approximate surface area is 126 Å². The van der Waals surface area contributed by atoms with Crippen LogP contribution in [0, 0.1) is 0 Å². The zero-order valence-corrected chi connectivity index (χ0v) is 12.8. The van der Waals surface area contributed by atoms with E-state index in [0.717, 1.165) is 17.7 Å². The first-order valence-electron chi connectivity index (χ1n) is 6.61. The minimum atomic E-state index is -0.235. The average molecular weight is 302 g/mol. The Bertz CT molecular complexity index is 402. The van der Waals surface area contributed by atoms with Crippen molar-refractivity contribution in [1.82, 2.24) is 5.32 Å². The highest BCUT2D eigenvalue weighted by molar-refractivity contribution is 5.89. The molecule has 0 saturated heterocycles. The average Bonchev–Trinajstić information content (AvgIpc) is 2.43. The van der Waals surface area contributed by atoms with Gasteiger partial charge in [0.05, 0.1) is 6.10 Å². The van der Waals surface area contributed by atoms with Gasteiger partial charge in [0.15, 0.2) is 0 Å². The molecule has 2 amide bonds. The van der Waals surface area contributed by atoms with Gasteiger partial charge >= 0.3 is 6.03 Å². The SMILES string of the molecule is CCCOC(C)CNC(=O)Nc1cccc(CN)c1.Cl. The molecule has 0 fully saturated rings. The van der Waals surface area contributed by atoms with Gasteiger partial charge in [0.25, 0.3) is 0 Å². The van der Waals surface area contributed by atoms with Crippen LogP contribution in [0.2, 0.25) is 0 Å². The zero-order chi connectivity index (χ0) is 14.1. The number of benzene rings is 1. The van der Waals surface area contributed by atoms with Gasteiger partial charge in [-0.1, -0.05) is 19.1 Å². The fourth-order valence-electron chi connectivity index (χ4n) is 1.57. The van der Waals surface area contributed by atoms with E-state index in [-0.39, 0.29) is 24.5 Å². The number of urea groups is 1. The molecule has 0 aromatic heterocycles. The highest BCUT2D eigenvalue weighted by Crippen LogP contribution is 2.09. The van der Waals surface area contributed by atoms with Gasteiger partial charge in [-0.15, -0.1) is 12.4 Å². The molecular weight excluding hydrogens is 278 g/mol.